The molecular weight excluding hydrogens is 530 g/mol. The van der Waals surface area contributed by atoms with Crippen LogP contribution in [0.5, 0.6) is 0 Å². The molecule has 0 saturated carbocycles. The minimum atomic E-state index is -3.79. The molecule has 0 radical (unpaired) electrons. The molecule has 0 aliphatic rings. The summed E-state index contributed by atoms with van der Waals surface area (Å²) in [4.78, 5) is 27.7. The normalized spacial score (nSPS) is 12.7. The van der Waals surface area contributed by atoms with Gasteiger partial charge in [-0.3, -0.25) is 13.9 Å². The first-order valence-electron chi connectivity index (χ1n) is 10.3. The lowest BCUT2D eigenvalue weighted by Crippen LogP contribution is -2.54. The summed E-state index contributed by atoms with van der Waals surface area (Å²) in [5.41, 5.74) is 0.560. The quantitative estimate of drug-likeness (QED) is 0.526. The summed E-state index contributed by atoms with van der Waals surface area (Å²) in [5.74, 6) is -0.864. The molecule has 0 unspecified atom stereocenters. The standard InChI is InChI=1S/C23H29BrClN3O4S/c1-16(22(30)26-23(2,3)4)27(14-17-9-8-10-18(25)13-17)21(29)15-28(33(5,31)32)20-12-7-6-11-19(20)24/h6-13,16H,14-15H2,1-5H3,(H,26,30)/t16-/m1/s1. The van der Waals surface area contributed by atoms with Gasteiger partial charge in [0.1, 0.15) is 12.6 Å². The molecule has 0 aromatic heterocycles. The number of rotatable bonds is 8. The van der Waals surface area contributed by atoms with E-state index in [1.807, 2.05) is 20.8 Å². The number of amides is 2. The van der Waals surface area contributed by atoms with Crippen LogP contribution in [-0.4, -0.2) is 49.5 Å². The third-order valence-corrected chi connectivity index (χ3v) is 6.74. The summed E-state index contributed by atoms with van der Waals surface area (Å²) in [6.45, 7) is 6.78. The monoisotopic (exact) mass is 557 g/mol. The Morgan fingerprint density at radius 2 is 1.76 bits per heavy atom. The van der Waals surface area contributed by atoms with Gasteiger partial charge in [-0.15, -0.1) is 0 Å². The number of halogens is 2. The Balaban J connectivity index is 2.42. The first-order valence-corrected chi connectivity index (χ1v) is 13.3. The van der Waals surface area contributed by atoms with Gasteiger partial charge in [-0.05, 0) is 73.5 Å². The molecule has 2 rings (SSSR count). The second kappa shape index (κ2) is 10.9. The van der Waals surface area contributed by atoms with Gasteiger partial charge in [0, 0.05) is 21.6 Å². The average Bonchev–Trinajstić information content (AvgIpc) is 2.68. The van der Waals surface area contributed by atoms with Crippen LogP contribution in [0.1, 0.15) is 33.3 Å². The van der Waals surface area contributed by atoms with E-state index >= 15 is 0 Å². The van der Waals surface area contributed by atoms with E-state index in [1.54, 1.807) is 55.5 Å². The van der Waals surface area contributed by atoms with E-state index in [1.165, 1.54) is 4.90 Å². The number of hydrogen-bond acceptors (Lipinski definition) is 4. The van der Waals surface area contributed by atoms with Crippen molar-refractivity contribution < 1.29 is 18.0 Å². The minimum Gasteiger partial charge on any atom is -0.350 e. The number of hydrogen-bond donors (Lipinski definition) is 1. The van der Waals surface area contributed by atoms with Gasteiger partial charge in [0.25, 0.3) is 0 Å². The maximum atomic E-state index is 13.5. The number of nitrogens with zero attached hydrogens (tertiary/aromatic N) is 2. The van der Waals surface area contributed by atoms with E-state index in [0.29, 0.717) is 15.2 Å². The smallest absolute Gasteiger partial charge is 0.244 e. The Bertz CT molecular complexity index is 1120. The second-order valence-corrected chi connectivity index (χ2v) is 12.0. The molecular formula is C23H29BrClN3O4S. The van der Waals surface area contributed by atoms with E-state index in [9.17, 15) is 18.0 Å². The van der Waals surface area contributed by atoms with Crippen molar-refractivity contribution in [2.75, 3.05) is 17.1 Å². The van der Waals surface area contributed by atoms with Gasteiger partial charge in [0.2, 0.25) is 21.8 Å². The fraction of sp³-hybridized carbons (Fsp3) is 0.391. The number of benzene rings is 2. The van der Waals surface area contributed by atoms with Crippen molar-refractivity contribution in [2.24, 2.45) is 0 Å². The second-order valence-electron chi connectivity index (χ2n) is 8.79. The molecule has 1 atom stereocenters. The number of para-hydroxylation sites is 1. The molecule has 0 fully saturated rings. The molecule has 10 heteroatoms. The van der Waals surface area contributed by atoms with Crippen LogP contribution < -0.4 is 9.62 Å². The zero-order valence-electron chi connectivity index (χ0n) is 19.3. The van der Waals surface area contributed by atoms with Crippen molar-refractivity contribution in [2.45, 2.75) is 45.8 Å². The summed E-state index contributed by atoms with van der Waals surface area (Å²) in [6, 6.07) is 12.9. The Hall–Kier alpha value is -2.10. The molecule has 0 aliphatic heterocycles. The van der Waals surface area contributed by atoms with Crippen molar-refractivity contribution in [3.8, 4) is 0 Å². The van der Waals surface area contributed by atoms with Gasteiger partial charge in [-0.1, -0.05) is 35.9 Å². The number of sulfonamides is 1. The van der Waals surface area contributed by atoms with Gasteiger partial charge >= 0.3 is 0 Å². The molecule has 0 heterocycles. The van der Waals surface area contributed by atoms with Crippen molar-refractivity contribution in [1.82, 2.24) is 10.2 Å². The number of carbonyl (C=O) groups excluding carboxylic acids is 2. The zero-order valence-corrected chi connectivity index (χ0v) is 22.5. The van der Waals surface area contributed by atoms with Crippen LogP contribution in [0.3, 0.4) is 0 Å². The molecule has 2 aromatic carbocycles. The van der Waals surface area contributed by atoms with Crippen LogP contribution in [0, 0.1) is 0 Å². The highest BCUT2D eigenvalue weighted by Crippen LogP contribution is 2.28. The van der Waals surface area contributed by atoms with Crippen molar-refractivity contribution in [3.63, 3.8) is 0 Å². The summed E-state index contributed by atoms with van der Waals surface area (Å²) in [5, 5.41) is 3.38. The van der Waals surface area contributed by atoms with Gasteiger partial charge < -0.3 is 10.2 Å². The fourth-order valence-corrected chi connectivity index (χ4v) is 4.83. The third kappa shape index (κ3) is 8.01. The zero-order chi connectivity index (χ0) is 25.0. The van der Waals surface area contributed by atoms with E-state index in [2.05, 4.69) is 21.2 Å². The highest BCUT2D eigenvalue weighted by Gasteiger charge is 2.31. The van der Waals surface area contributed by atoms with Gasteiger partial charge in [0.05, 0.1) is 11.9 Å². The third-order valence-electron chi connectivity index (χ3n) is 4.71. The molecule has 2 amide bonds. The molecule has 0 spiro atoms. The summed E-state index contributed by atoms with van der Waals surface area (Å²) < 4.78 is 26.7. The van der Waals surface area contributed by atoms with E-state index in [4.69, 9.17) is 11.6 Å². The lowest BCUT2D eigenvalue weighted by molar-refractivity contribution is -0.140. The van der Waals surface area contributed by atoms with Crippen molar-refractivity contribution in [3.05, 3.63) is 63.6 Å². The predicted octanol–water partition coefficient (Wildman–Crippen LogP) is 4.20. The van der Waals surface area contributed by atoms with Crippen LogP contribution in [0.2, 0.25) is 5.02 Å². The minimum absolute atomic E-state index is 0.0890. The van der Waals surface area contributed by atoms with Crippen molar-refractivity contribution >= 4 is 55.1 Å². The van der Waals surface area contributed by atoms with E-state index in [0.717, 1.165) is 16.1 Å². The first kappa shape index (κ1) is 27.1. The number of anilines is 1. The molecule has 7 nitrogen and oxygen atoms in total. The van der Waals surface area contributed by atoms with Crippen molar-refractivity contribution in [1.29, 1.82) is 0 Å². The average molecular weight is 559 g/mol. The Morgan fingerprint density at radius 1 is 1.12 bits per heavy atom. The van der Waals surface area contributed by atoms with E-state index < -0.39 is 34.1 Å². The highest BCUT2D eigenvalue weighted by atomic mass is 79.9. The van der Waals surface area contributed by atoms with Crippen LogP contribution in [0.4, 0.5) is 5.69 Å². The SMILES string of the molecule is C[C@H](C(=O)NC(C)(C)C)N(Cc1cccc(Cl)c1)C(=O)CN(c1ccccc1Br)S(C)(=O)=O. The molecule has 1 N–H and O–H groups in total. The lowest BCUT2D eigenvalue weighted by atomic mass is 10.1. The molecule has 0 bridgehead atoms. The Morgan fingerprint density at radius 3 is 2.30 bits per heavy atom. The lowest BCUT2D eigenvalue weighted by Gasteiger charge is -2.33. The molecule has 0 aliphatic carbocycles. The number of carbonyl (C=O) groups is 2. The maximum Gasteiger partial charge on any atom is 0.244 e. The van der Waals surface area contributed by atoms with Gasteiger partial charge in [0.15, 0.2) is 0 Å². The molecule has 2 aromatic rings. The summed E-state index contributed by atoms with van der Waals surface area (Å²) >= 11 is 9.46. The first-order chi connectivity index (χ1) is 15.2. The van der Waals surface area contributed by atoms with Crippen LogP contribution >= 0.6 is 27.5 Å². The van der Waals surface area contributed by atoms with Crippen LogP contribution in [-0.2, 0) is 26.2 Å². The Kier molecular flexibility index (Phi) is 8.95. The summed E-state index contributed by atoms with van der Waals surface area (Å²) in [6.07, 6.45) is 1.04. The van der Waals surface area contributed by atoms with Gasteiger partial charge in [-0.25, -0.2) is 8.42 Å². The van der Waals surface area contributed by atoms with Gasteiger partial charge in [-0.2, -0.15) is 0 Å². The van der Waals surface area contributed by atoms with Crippen LogP contribution in [0.25, 0.3) is 0 Å². The van der Waals surface area contributed by atoms with Crippen LogP contribution in [0.15, 0.2) is 53.0 Å². The topological polar surface area (TPSA) is 86.8 Å². The Labute approximate surface area is 209 Å². The molecule has 33 heavy (non-hydrogen) atoms. The largest absolute Gasteiger partial charge is 0.350 e. The highest BCUT2D eigenvalue weighted by molar-refractivity contribution is 9.10. The fourth-order valence-electron chi connectivity index (χ4n) is 3.14. The molecule has 0 saturated heterocycles. The summed E-state index contributed by atoms with van der Waals surface area (Å²) in [7, 11) is -3.79. The number of nitrogens with one attached hydrogen (secondary N) is 1. The predicted molar refractivity (Wildman–Crippen MR) is 136 cm³/mol. The maximum absolute atomic E-state index is 13.5. The van der Waals surface area contributed by atoms with E-state index in [-0.39, 0.29) is 12.5 Å². The molecule has 180 valence electrons.